The van der Waals surface area contributed by atoms with Crippen LogP contribution in [0.15, 0.2) is 0 Å². The zero-order valence-corrected chi connectivity index (χ0v) is 5.97. The van der Waals surface area contributed by atoms with E-state index in [1.54, 1.807) is 0 Å². The van der Waals surface area contributed by atoms with Crippen molar-refractivity contribution in [3.63, 3.8) is 0 Å². The van der Waals surface area contributed by atoms with Gasteiger partial charge in [-0.05, 0) is 0 Å². The topological polar surface area (TPSA) is 49.3 Å². The molecule has 0 radical (unpaired) electrons. The Morgan fingerprint density at radius 1 is 1.88 bits per heavy atom. The monoisotopic (exact) mass is 181 g/mol. The summed E-state index contributed by atoms with van der Waals surface area (Å²) in [7, 11) is 0. The van der Waals surface area contributed by atoms with Crippen LogP contribution in [0.3, 0.4) is 0 Å². The van der Waals surface area contributed by atoms with Crippen molar-refractivity contribution in [2.45, 2.75) is 10.3 Å². The molecule has 0 spiro atoms. The van der Waals surface area contributed by atoms with E-state index in [1.807, 2.05) is 0 Å². The predicted octanol–water partition coefficient (Wildman–Crippen LogP) is -0.877. The Balaban J connectivity index is 2.35. The molecule has 1 aliphatic rings. The second kappa shape index (κ2) is 2.48. The molecule has 46 valence electrons. The summed E-state index contributed by atoms with van der Waals surface area (Å²) in [4.78, 5) is 9.95. The summed E-state index contributed by atoms with van der Waals surface area (Å²) in [5, 5.41) is 12.3. The Morgan fingerprint density at radius 2 is 2.62 bits per heavy atom. The van der Waals surface area contributed by atoms with Crippen LogP contribution in [-0.4, -0.2) is 37.5 Å². The molecule has 3 nitrogen and oxygen atoms in total. The van der Waals surface area contributed by atoms with Crippen LogP contribution in [0.2, 0.25) is 5.32 Å². The van der Waals surface area contributed by atoms with Gasteiger partial charge in [-0.2, -0.15) is 0 Å². The fraction of sp³-hybridized carbons (Fsp3) is 0.750. The van der Waals surface area contributed by atoms with Crippen LogP contribution in [0.4, 0.5) is 0 Å². The SMILES string of the molecule is O=C(O)C1NCC[Se]1. The Hall–Kier alpha value is -0.0505. The number of carboxylic acids is 1. The zero-order chi connectivity index (χ0) is 5.98. The molecule has 2 N–H and O–H groups in total. The van der Waals surface area contributed by atoms with Gasteiger partial charge >= 0.3 is 52.9 Å². The molecular formula is C4H7NO2Se. The summed E-state index contributed by atoms with van der Waals surface area (Å²) in [5.41, 5.74) is 0. The fourth-order valence-corrected chi connectivity index (χ4v) is 2.37. The van der Waals surface area contributed by atoms with Gasteiger partial charge in [-0.3, -0.25) is 0 Å². The first kappa shape index (κ1) is 6.08. The van der Waals surface area contributed by atoms with Crippen LogP contribution < -0.4 is 5.32 Å². The summed E-state index contributed by atoms with van der Waals surface area (Å²) >= 11 is 0.297. The average molecular weight is 180 g/mol. The fourth-order valence-electron chi connectivity index (χ4n) is 0.584. The number of hydrogen-bond acceptors (Lipinski definition) is 2. The average Bonchev–Trinajstić information content (AvgIpc) is 2.12. The maximum absolute atomic E-state index is 10.2. The van der Waals surface area contributed by atoms with Gasteiger partial charge in [0.2, 0.25) is 0 Å². The van der Waals surface area contributed by atoms with Gasteiger partial charge in [-0.1, -0.05) is 0 Å². The van der Waals surface area contributed by atoms with Crippen LogP contribution in [0.1, 0.15) is 0 Å². The molecular weight excluding hydrogens is 173 g/mol. The van der Waals surface area contributed by atoms with E-state index >= 15 is 0 Å². The summed E-state index contributed by atoms with van der Waals surface area (Å²) in [5.74, 6) is -0.692. The van der Waals surface area contributed by atoms with Crippen molar-refractivity contribution in [1.82, 2.24) is 5.32 Å². The third-order valence-corrected chi connectivity index (χ3v) is 3.34. The molecule has 1 atom stereocenters. The molecule has 1 unspecified atom stereocenters. The number of nitrogens with one attached hydrogen (secondary N) is 1. The van der Waals surface area contributed by atoms with Gasteiger partial charge in [0.05, 0.1) is 0 Å². The van der Waals surface area contributed by atoms with Crippen molar-refractivity contribution in [3.05, 3.63) is 0 Å². The minimum atomic E-state index is -0.692. The Labute approximate surface area is 53.6 Å². The molecule has 0 aromatic rings. The van der Waals surface area contributed by atoms with E-state index in [4.69, 9.17) is 5.11 Å². The van der Waals surface area contributed by atoms with Gasteiger partial charge < -0.3 is 0 Å². The Kier molecular flexibility index (Phi) is 1.89. The Bertz CT molecular complexity index is 100. The molecule has 1 aliphatic heterocycles. The maximum atomic E-state index is 10.2. The van der Waals surface area contributed by atoms with E-state index in [9.17, 15) is 4.79 Å². The van der Waals surface area contributed by atoms with Gasteiger partial charge in [0.15, 0.2) is 0 Å². The van der Waals surface area contributed by atoms with Crippen molar-refractivity contribution in [2.24, 2.45) is 0 Å². The van der Waals surface area contributed by atoms with Crippen molar-refractivity contribution in [1.29, 1.82) is 0 Å². The molecule has 1 fully saturated rings. The molecule has 0 aliphatic carbocycles. The number of carbonyl (C=O) groups is 1. The van der Waals surface area contributed by atoms with E-state index in [1.165, 1.54) is 0 Å². The van der Waals surface area contributed by atoms with Gasteiger partial charge in [0, 0.05) is 0 Å². The Morgan fingerprint density at radius 3 is 2.88 bits per heavy atom. The van der Waals surface area contributed by atoms with E-state index in [0.29, 0.717) is 15.0 Å². The predicted molar refractivity (Wildman–Crippen MR) is 30.0 cm³/mol. The summed E-state index contributed by atoms with van der Waals surface area (Å²) in [6, 6.07) is 0. The van der Waals surface area contributed by atoms with Crippen molar-refractivity contribution in [3.8, 4) is 0 Å². The van der Waals surface area contributed by atoms with Crippen molar-refractivity contribution < 1.29 is 9.90 Å². The molecule has 0 amide bonds. The zero-order valence-electron chi connectivity index (χ0n) is 4.26. The second-order valence-corrected chi connectivity index (χ2v) is 4.09. The minimum absolute atomic E-state index is 0.206. The molecule has 0 aromatic carbocycles. The first-order chi connectivity index (χ1) is 3.80. The van der Waals surface area contributed by atoms with Crippen molar-refractivity contribution >= 4 is 20.9 Å². The first-order valence-corrected chi connectivity index (χ1v) is 4.58. The van der Waals surface area contributed by atoms with Gasteiger partial charge in [0.1, 0.15) is 0 Å². The molecule has 1 saturated heterocycles. The van der Waals surface area contributed by atoms with Gasteiger partial charge in [0.25, 0.3) is 0 Å². The van der Waals surface area contributed by atoms with E-state index in [-0.39, 0.29) is 4.94 Å². The molecule has 1 rings (SSSR count). The van der Waals surface area contributed by atoms with Gasteiger partial charge in [-0.15, -0.1) is 0 Å². The number of hydrogen-bond donors (Lipinski definition) is 2. The number of aliphatic carboxylic acids is 1. The number of rotatable bonds is 1. The first-order valence-electron chi connectivity index (χ1n) is 2.38. The van der Waals surface area contributed by atoms with E-state index < -0.39 is 5.97 Å². The molecule has 4 heteroatoms. The molecule has 0 bridgehead atoms. The molecule has 1 heterocycles. The number of carboxylic acid groups (broad SMARTS) is 1. The summed E-state index contributed by atoms with van der Waals surface area (Å²) < 4.78 is 0. The molecule has 0 saturated carbocycles. The van der Waals surface area contributed by atoms with Crippen LogP contribution in [0.25, 0.3) is 0 Å². The van der Waals surface area contributed by atoms with Crippen LogP contribution in [-0.2, 0) is 4.79 Å². The molecule has 0 aromatic heterocycles. The normalized spacial score (nSPS) is 28.2. The quantitative estimate of drug-likeness (QED) is 0.515. The summed E-state index contributed by atoms with van der Waals surface area (Å²) in [6.45, 7) is 0.886. The van der Waals surface area contributed by atoms with Gasteiger partial charge in [-0.25, -0.2) is 0 Å². The second-order valence-electron chi connectivity index (χ2n) is 1.54. The standard InChI is InChI=1S/C4H7NO2Se/c6-4(7)3-5-1-2-8-3/h3,5H,1-2H2,(H,6,7). The van der Waals surface area contributed by atoms with E-state index in [2.05, 4.69) is 5.32 Å². The molecule has 8 heavy (non-hydrogen) atoms. The van der Waals surface area contributed by atoms with E-state index in [0.717, 1.165) is 11.9 Å². The van der Waals surface area contributed by atoms with Crippen LogP contribution in [0.5, 0.6) is 0 Å². The van der Waals surface area contributed by atoms with Crippen LogP contribution >= 0.6 is 0 Å². The third-order valence-electron chi connectivity index (χ3n) is 0.941. The van der Waals surface area contributed by atoms with Crippen molar-refractivity contribution in [2.75, 3.05) is 6.54 Å². The summed E-state index contributed by atoms with van der Waals surface area (Å²) in [6.07, 6.45) is 0. The third kappa shape index (κ3) is 1.22. The van der Waals surface area contributed by atoms with Crippen LogP contribution in [0, 0.1) is 0 Å².